The third kappa shape index (κ3) is 2.74. The van der Waals surface area contributed by atoms with E-state index in [0.717, 1.165) is 23.8 Å². The molecule has 0 aliphatic carbocycles. The van der Waals surface area contributed by atoms with Gasteiger partial charge in [0.2, 0.25) is 5.89 Å². The Kier molecular flexibility index (Phi) is 3.82. The van der Waals surface area contributed by atoms with Gasteiger partial charge in [0.15, 0.2) is 5.82 Å². The van der Waals surface area contributed by atoms with Gasteiger partial charge in [0.25, 0.3) is 0 Å². The molecule has 3 heterocycles. The molecule has 1 aliphatic heterocycles. The molecule has 0 radical (unpaired) electrons. The predicted molar refractivity (Wildman–Crippen MR) is 74.6 cm³/mol. The quantitative estimate of drug-likeness (QED) is 0.865. The molecular weight excluding hydrogens is 276 g/mol. The van der Waals surface area contributed by atoms with Gasteiger partial charge in [-0.1, -0.05) is 5.16 Å². The number of ether oxygens (including phenoxy) is 1. The standard InChI is InChI=1S/C13H18N4O2S/c1-8-7-20-13(14-8)11-6-17(4-5-18-11)9(2)12-15-10(3)16-19-12/h7,9,11H,4-6H2,1-3H3/t9-,11-/m1/s1. The van der Waals surface area contributed by atoms with Crippen molar-refractivity contribution in [3.63, 3.8) is 0 Å². The van der Waals surface area contributed by atoms with Crippen LogP contribution < -0.4 is 0 Å². The maximum absolute atomic E-state index is 5.84. The summed E-state index contributed by atoms with van der Waals surface area (Å²) in [7, 11) is 0. The Balaban J connectivity index is 1.71. The van der Waals surface area contributed by atoms with Gasteiger partial charge >= 0.3 is 0 Å². The first-order valence-electron chi connectivity index (χ1n) is 6.71. The van der Waals surface area contributed by atoms with Gasteiger partial charge in [0.05, 0.1) is 12.6 Å². The summed E-state index contributed by atoms with van der Waals surface area (Å²) in [5.41, 5.74) is 1.05. The first-order valence-corrected chi connectivity index (χ1v) is 7.59. The lowest BCUT2D eigenvalue weighted by Crippen LogP contribution is -2.40. The summed E-state index contributed by atoms with van der Waals surface area (Å²) in [5.74, 6) is 1.34. The Morgan fingerprint density at radius 3 is 2.90 bits per heavy atom. The SMILES string of the molecule is Cc1csc([C@H]2CN([C@H](C)c3nc(C)no3)CCO2)n1. The van der Waals surface area contributed by atoms with E-state index >= 15 is 0 Å². The topological polar surface area (TPSA) is 64.3 Å². The van der Waals surface area contributed by atoms with Gasteiger partial charge in [-0.25, -0.2) is 4.98 Å². The van der Waals surface area contributed by atoms with E-state index in [2.05, 4.69) is 32.3 Å². The summed E-state index contributed by atoms with van der Waals surface area (Å²) in [6.07, 6.45) is 0.0360. The molecule has 1 saturated heterocycles. The number of aromatic nitrogens is 3. The molecule has 7 heteroatoms. The highest BCUT2D eigenvalue weighted by molar-refractivity contribution is 7.09. The zero-order valence-electron chi connectivity index (χ0n) is 11.9. The second-order valence-corrected chi connectivity index (χ2v) is 5.93. The predicted octanol–water partition coefficient (Wildman–Crippen LogP) is 2.28. The maximum atomic E-state index is 5.84. The number of rotatable bonds is 3. The highest BCUT2D eigenvalue weighted by atomic mass is 32.1. The number of hydrogen-bond donors (Lipinski definition) is 0. The molecule has 2 atom stereocenters. The lowest BCUT2D eigenvalue weighted by Gasteiger charge is -2.34. The fourth-order valence-electron chi connectivity index (χ4n) is 2.33. The average molecular weight is 294 g/mol. The van der Waals surface area contributed by atoms with Gasteiger partial charge in [0.1, 0.15) is 11.1 Å². The van der Waals surface area contributed by atoms with Crippen molar-refractivity contribution in [2.24, 2.45) is 0 Å². The normalized spacial score (nSPS) is 22.1. The Morgan fingerprint density at radius 2 is 2.25 bits per heavy atom. The molecular formula is C13H18N4O2S. The first kappa shape index (κ1) is 13.7. The summed E-state index contributed by atoms with van der Waals surface area (Å²) in [4.78, 5) is 11.1. The van der Waals surface area contributed by atoms with E-state index in [1.807, 2.05) is 13.8 Å². The van der Waals surface area contributed by atoms with Gasteiger partial charge in [-0.2, -0.15) is 4.98 Å². The number of hydrogen-bond acceptors (Lipinski definition) is 7. The maximum Gasteiger partial charge on any atom is 0.243 e. The molecule has 2 aromatic heterocycles. The van der Waals surface area contributed by atoms with E-state index in [-0.39, 0.29) is 12.1 Å². The molecule has 108 valence electrons. The van der Waals surface area contributed by atoms with Crippen molar-refractivity contribution in [2.45, 2.75) is 32.9 Å². The minimum atomic E-state index is 0.0360. The van der Waals surface area contributed by atoms with Crippen molar-refractivity contribution in [2.75, 3.05) is 19.7 Å². The van der Waals surface area contributed by atoms with Crippen LogP contribution in [0.4, 0.5) is 0 Å². The van der Waals surface area contributed by atoms with Crippen LogP contribution >= 0.6 is 11.3 Å². The average Bonchev–Trinajstić information content (AvgIpc) is 3.07. The summed E-state index contributed by atoms with van der Waals surface area (Å²) >= 11 is 1.66. The fraction of sp³-hybridized carbons (Fsp3) is 0.615. The van der Waals surface area contributed by atoms with E-state index in [4.69, 9.17) is 9.26 Å². The number of aryl methyl sites for hydroxylation is 2. The van der Waals surface area contributed by atoms with Gasteiger partial charge in [0, 0.05) is 24.2 Å². The summed E-state index contributed by atoms with van der Waals surface area (Å²) in [6.45, 7) is 8.28. The van der Waals surface area contributed by atoms with Crippen molar-refractivity contribution in [1.82, 2.24) is 20.0 Å². The van der Waals surface area contributed by atoms with E-state index in [9.17, 15) is 0 Å². The van der Waals surface area contributed by atoms with Crippen LogP contribution in [0.25, 0.3) is 0 Å². The Hall–Kier alpha value is -1.31. The van der Waals surface area contributed by atoms with Crippen LogP contribution in [0, 0.1) is 13.8 Å². The van der Waals surface area contributed by atoms with Crippen molar-refractivity contribution in [3.8, 4) is 0 Å². The van der Waals surface area contributed by atoms with E-state index in [1.165, 1.54) is 0 Å². The molecule has 0 spiro atoms. The third-order valence-corrected chi connectivity index (χ3v) is 4.51. The van der Waals surface area contributed by atoms with E-state index in [0.29, 0.717) is 18.3 Å². The molecule has 0 N–H and O–H groups in total. The number of thiazole rings is 1. The van der Waals surface area contributed by atoms with Crippen LogP contribution in [0.15, 0.2) is 9.90 Å². The molecule has 20 heavy (non-hydrogen) atoms. The van der Waals surface area contributed by atoms with Gasteiger partial charge < -0.3 is 9.26 Å². The zero-order valence-corrected chi connectivity index (χ0v) is 12.7. The Bertz CT molecular complexity index is 544. The molecule has 0 bridgehead atoms. The monoisotopic (exact) mass is 294 g/mol. The summed E-state index contributed by atoms with van der Waals surface area (Å²) < 4.78 is 11.1. The third-order valence-electron chi connectivity index (χ3n) is 3.46. The zero-order chi connectivity index (χ0) is 14.1. The molecule has 0 saturated carbocycles. The first-order chi connectivity index (χ1) is 9.63. The largest absolute Gasteiger partial charge is 0.368 e. The molecule has 1 fully saturated rings. The second kappa shape index (κ2) is 5.59. The van der Waals surface area contributed by atoms with Crippen molar-refractivity contribution in [1.29, 1.82) is 0 Å². The highest BCUT2D eigenvalue weighted by Gasteiger charge is 2.29. The molecule has 0 amide bonds. The van der Waals surface area contributed by atoms with E-state index in [1.54, 1.807) is 11.3 Å². The summed E-state index contributed by atoms with van der Waals surface area (Å²) in [6, 6.07) is 0.101. The lowest BCUT2D eigenvalue weighted by molar-refractivity contribution is -0.0470. The van der Waals surface area contributed by atoms with Crippen molar-refractivity contribution in [3.05, 3.63) is 27.8 Å². The smallest absolute Gasteiger partial charge is 0.243 e. The molecule has 1 aliphatic rings. The summed E-state index contributed by atoms with van der Waals surface area (Å²) in [5, 5.41) is 6.96. The second-order valence-electron chi connectivity index (χ2n) is 5.04. The molecule has 0 aromatic carbocycles. The number of morpholine rings is 1. The molecule has 6 nitrogen and oxygen atoms in total. The number of nitrogens with zero attached hydrogens (tertiary/aromatic N) is 4. The van der Waals surface area contributed by atoms with Crippen LogP contribution in [0.1, 0.15) is 41.5 Å². The Labute approximate surface area is 121 Å². The van der Waals surface area contributed by atoms with Crippen LogP contribution in [-0.2, 0) is 4.74 Å². The Morgan fingerprint density at radius 1 is 1.40 bits per heavy atom. The lowest BCUT2D eigenvalue weighted by atomic mass is 10.2. The minimum absolute atomic E-state index is 0.0360. The van der Waals surface area contributed by atoms with Gasteiger partial charge in [-0.3, -0.25) is 4.90 Å². The molecule has 2 aromatic rings. The molecule has 3 rings (SSSR count). The highest BCUT2D eigenvalue weighted by Crippen LogP contribution is 2.29. The van der Waals surface area contributed by atoms with Gasteiger partial charge in [-0.15, -0.1) is 11.3 Å². The fourth-order valence-corrected chi connectivity index (χ4v) is 3.16. The van der Waals surface area contributed by atoms with Crippen molar-refractivity contribution < 1.29 is 9.26 Å². The van der Waals surface area contributed by atoms with Crippen LogP contribution in [0.3, 0.4) is 0 Å². The van der Waals surface area contributed by atoms with Crippen LogP contribution in [0.2, 0.25) is 0 Å². The van der Waals surface area contributed by atoms with Crippen molar-refractivity contribution >= 4 is 11.3 Å². The van der Waals surface area contributed by atoms with Crippen LogP contribution in [0.5, 0.6) is 0 Å². The van der Waals surface area contributed by atoms with Crippen LogP contribution in [-0.4, -0.2) is 39.7 Å². The minimum Gasteiger partial charge on any atom is -0.368 e. The molecule has 0 unspecified atom stereocenters. The van der Waals surface area contributed by atoms with E-state index < -0.39 is 0 Å². The van der Waals surface area contributed by atoms with Gasteiger partial charge in [-0.05, 0) is 20.8 Å².